The Balaban J connectivity index is 2.49. The van der Waals surface area contributed by atoms with Crippen LogP contribution in [-0.4, -0.2) is 24.1 Å². The molecule has 1 aromatic carbocycles. The van der Waals surface area contributed by atoms with Crippen molar-refractivity contribution in [1.29, 1.82) is 0 Å². The number of nitrogens with one attached hydrogen (secondary N) is 1. The van der Waals surface area contributed by atoms with E-state index in [9.17, 15) is 0 Å². The van der Waals surface area contributed by atoms with Gasteiger partial charge in [-0.25, -0.2) is 4.98 Å². The van der Waals surface area contributed by atoms with E-state index in [-0.39, 0.29) is 0 Å². The van der Waals surface area contributed by atoms with Crippen LogP contribution < -0.4 is 10.1 Å². The van der Waals surface area contributed by atoms with E-state index >= 15 is 0 Å². The number of hydrogen-bond donors (Lipinski definition) is 1. The van der Waals surface area contributed by atoms with Crippen LogP contribution in [0, 0.1) is 0 Å². The van der Waals surface area contributed by atoms with Crippen molar-refractivity contribution < 1.29 is 4.74 Å². The molecule has 17 heavy (non-hydrogen) atoms. The highest BCUT2D eigenvalue weighted by Crippen LogP contribution is 2.31. The van der Waals surface area contributed by atoms with Gasteiger partial charge in [0.15, 0.2) is 5.82 Å². The minimum Gasteiger partial charge on any atom is -0.496 e. The summed E-state index contributed by atoms with van der Waals surface area (Å²) >= 11 is 3.46. The van der Waals surface area contributed by atoms with Gasteiger partial charge in [0.25, 0.3) is 0 Å². The van der Waals surface area contributed by atoms with Crippen molar-refractivity contribution in [3.05, 3.63) is 35.1 Å². The molecule has 0 atom stereocenters. The predicted molar refractivity (Wildman–Crippen MR) is 71.3 cm³/mol. The maximum atomic E-state index is 5.19. The van der Waals surface area contributed by atoms with Gasteiger partial charge in [0.2, 0.25) is 0 Å². The molecule has 1 N–H and O–H groups in total. The molecular weight excluding hydrogens is 282 g/mol. The Kier molecular flexibility index (Phi) is 3.58. The highest BCUT2D eigenvalue weighted by Gasteiger charge is 2.08. The second-order valence-corrected chi connectivity index (χ2v) is 4.21. The van der Waals surface area contributed by atoms with Crippen molar-refractivity contribution in [3.8, 4) is 17.0 Å². The van der Waals surface area contributed by atoms with Crippen molar-refractivity contribution in [2.45, 2.75) is 0 Å². The fourth-order valence-electron chi connectivity index (χ4n) is 1.55. The lowest BCUT2D eigenvalue weighted by Crippen LogP contribution is -1.97. The fourth-order valence-corrected chi connectivity index (χ4v) is 2.09. The summed E-state index contributed by atoms with van der Waals surface area (Å²) in [5, 5.41) is 3.02. The predicted octanol–water partition coefficient (Wildman–Crippen LogP) is 2.96. The van der Waals surface area contributed by atoms with Gasteiger partial charge in [-0.1, -0.05) is 0 Å². The summed E-state index contributed by atoms with van der Waals surface area (Å²) in [5.41, 5.74) is 1.80. The molecule has 0 saturated heterocycles. The molecular formula is C12H12BrN3O. The molecule has 0 aliphatic rings. The number of hydrogen-bond acceptors (Lipinski definition) is 4. The van der Waals surface area contributed by atoms with Gasteiger partial charge in [0.05, 0.1) is 11.6 Å². The Labute approximate surface area is 108 Å². The third-order valence-corrected chi connectivity index (χ3v) is 2.98. The lowest BCUT2D eigenvalue weighted by molar-refractivity contribution is 0.412. The summed E-state index contributed by atoms with van der Waals surface area (Å²) in [4.78, 5) is 8.56. The molecule has 0 bridgehead atoms. The van der Waals surface area contributed by atoms with Crippen LogP contribution in [0.2, 0.25) is 0 Å². The van der Waals surface area contributed by atoms with Crippen LogP contribution in [-0.2, 0) is 0 Å². The third kappa shape index (κ3) is 2.39. The molecule has 0 spiro atoms. The van der Waals surface area contributed by atoms with Gasteiger partial charge in [0.1, 0.15) is 11.4 Å². The van der Waals surface area contributed by atoms with Crippen LogP contribution in [0.1, 0.15) is 0 Å². The van der Waals surface area contributed by atoms with E-state index in [1.54, 1.807) is 19.5 Å². The maximum Gasteiger partial charge on any atom is 0.152 e. The molecule has 2 rings (SSSR count). The number of ether oxygens (including phenoxy) is 1. The molecule has 5 heteroatoms. The first kappa shape index (κ1) is 11.9. The highest BCUT2D eigenvalue weighted by atomic mass is 79.9. The Bertz CT molecular complexity index is 531. The molecule has 0 aliphatic carbocycles. The second kappa shape index (κ2) is 5.14. The third-order valence-electron chi connectivity index (χ3n) is 2.36. The van der Waals surface area contributed by atoms with Crippen molar-refractivity contribution in [1.82, 2.24) is 9.97 Å². The summed E-state index contributed by atoms with van der Waals surface area (Å²) in [6.07, 6.45) is 3.34. The standard InChI is InChI=1S/C12H12BrN3O/c1-14-12-11(15-5-6-16-12)8-3-4-10(17-2)9(13)7-8/h3-7H,1-2H3,(H,14,16). The first-order valence-corrected chi connectivity index (χ1v) is 5.88. The van der Waals surface area contributed by atoms with Crippen LogP contribution >= 0.6 is 15.9 Å². The van der Waals surface area contributed by atoms with E-state index in [0.29, 0.717) is 0 Å². The molecule has 4 nitrogen and oxygen atoms in total. The van der Waals surface area contributed by atoms with Gasteiger partial charge in [-0.05, 0) is 34.1 Å². The number of benzene rings is 1. The zero-order valence-electron chi connectivity index (χ0n) is 9.57. The zero-order chi connectivity index (χ0) is 12.3. The Morgan fingerprint density at radius 3 is 2.65 bits per heavy atom. The number of rotatable bonds is 3. The van der Waals surface area contributed by atoms with Gasteiger partial charge in [0, 0.05) is 25.0 Å². The Hall–Kier alpha value is -1.62. The van der Waals surface area contributed by atoms with Crippen LogP contribution in [0.4, 0.5) is 5.82 Å². The first-order chi connectivity index (χ1) is 8.26. The molecule has 88 valence electrons. The van der Waals surface area contributed by atoms with Crippen LogP contribution in [0.5, 0.6) is 5.75 Å². The fraction of sp³-hybridized carbons (Fsp3) is 0.167. The van der Waals surface area contributed by atoms with E-state index in [1.165, 1.54) is 0 Å². The molecule has 0 radical (unpaired) electrons. The summed E-state index contributed by atoms with van der Waals surface area (Å²) in [7, 11) is 3.47. The quantitative estimate of drug-likeness (QED) is 0.945. The van der Waals surface area contributed by atoms with E-state index in [0.717, 1.165) is 27.3 Å². The van der Waals surface area contributed by atoms with Crippen molar-refractivity contribution in [3.63, 3.8) is 0 Å². The highest BCUT2D eigenvalue weighted by molar-refractivity contribution is 9.10. The summed E-state index contributed by atoms with van der Waals surface area (Å²) < 4.78 is 6.09. The molecule has 1 heterocycles. The molecule has 0 fully saturated rings. The Morgan fingerprint density at radius 2 is 2.00 bits per heavy atom. The van der Waals surface area contributed by atoms with Crippen LogP contribution in [0.25, 0.3) is 11.3 Å². The lowest BCUT2D eigenvalue weighted by Gasteiger charge is -2.08. The molecule has 0 aliphatic heterocycles. The summed E-state index contributed by atoms with van der Waals surface area (Å²) in [5.74, 6) is 1.55. The smallest absolute Gasteiger partial charge is 0.152 e. The van der Waals surface area contributed by atoms with Crippen LogP contribution in [0.15, 0.2) is 35.1 Å². The minimum atomic E-state index is 0.754. The molecule has 0 unspecified atom stereocenters. The normalized spacial score (nSPS) is 10.1. The van der Waals surface area contributed by atoms with E-state index in [4.69, 9.17) is 4.74 Å². The van der Waals surface area contributed by atoms with Gasteiger partial charge < -0.3 is 10.1 Å². The lowest BCUT2D eigenvalue weighted by atomic mass is 10.1. The van der Waals surface area contributed by atoms with E-state index in [2.05, 4.69) is 31.2 Å². The van der Waals surface area contributed by atoms with Gasteiger partial charge >= 0.3 is 0 Å². The van der Waals surface area contributed by atoms with E-state index in [1.807, 2.05) is 25.2 Å². The van der Waals surface area contributed by atoms with E-state index < -0.39 is 0 Å². The van der Waals surface area contributed by atoms with Crippen molar-refractivity contribution in [2.24, 2.45) is 0 Å². The van der Waals surface area contributed by atoms with Gasteiger partial charge in [-0.15, -0.1) is 0 Å². The molecule has 2 aromatic rings. The van der Waals surface area contributed by atoms with Crippen molar-refractivity contribution in [2.75, 3.05) is 19.5 Å². The van der Waals surface area contributed by atoms with Crippen LogP contribution in [0.3, 0.4) is 0 Å². The number of methoxy groups -OCH3 is 1. The van der Waals surface area contributed by atoms with Crippen molar-refractivity contribution >= 4 is 21.7 Å². The Morgan fingerprint density at radius 1 is 1.24 bits per heavy atom. The number of aromatic nitrogens is 2. The van der Waals surface area contributed by atoms with Gasteiger partial charge in [-0.3, -0.25) is 4.98 Å². The number of nitrogens with zero attached hydrogens (tertiary/aromatic N) is 2. The number of anilines is 1. The minimum absolute atomic E-state index is 0.754. The zero-order valence-corrected chi connectivity index (χ0v) is 11.2. The molecule has 1 aromatic heterocycles. The summed E-state index contributed by atoms with van der Waals surface area (Å²) in [6.45, 7) is 0. The molecule has 0 amide bonds. The topological polar surface area (TPSA) is 47.0 Å². The largest absolute Gasteiger partial charge is 0.496 e. The average Bonchev–Trinajstić information content (AvgIpc) is 2.38. The SMILES string of the molecule is CNc1nccnc1-c1ccc(OC)c(Br)c1. The molecule has 0 saturated carbocycles. The monoisotopic (exact) mass is 293 g/mol. The maximum absolute atomic E-state index is 5.19. The first-order valence-electron chi connectivity index (χ1n) is 5.09. The average molecular weight is 294 g/mol. The van der Waals surface area contributed by atoms with Gasteiger partial charge in [-0.2, -0.15) is 0 Å². The second-order valence-electron chi connectivity index (χ2n) is 3.35. The summed E-state index contributed by atoms with van der Waals surface area (Å²) in [6, 6.07) is 5.81. The number of halogens is 1.